The third-order valence-electron chi connectivity index (χ3n) is 5.57. The van der Waals surface area contributed by atoms with Crippen LogP contribution in [0.2, 0.25) is 0 Å². The molecule has 0 atom stereocenters. The average molecular weight is 426 g/mol. The summed E-state index contributed by atoms with van der Waals surface area (Å²) in [6.45, 7) is 4.99. The second kappa shape index (κ2) is 8.58. The van der Waals surface area contributed by atoms with Gasteiger partial charge in [0.25, 0.3) is 5.89 Å². The molecule has 32 heavy (non-hydrogen) atoms. The number of Topliss-reactive ketones (excluding diaryl/α,β-unsaturated/α-hetero) is 1. The van der Waals surface area contributed by atoms with Crippen LogP contribution in [0.5, 0.6) is 0 Å². The maximum Gasteiger partial charge on any atom is 0.278 e. The minimum absolute atomic E-state index is 0.0835. The standard InChI is InChI=1S/C24H22N6O2/c1-17(31)18-7-9-20(10-8-18)29-13-15-30(16-14-29)22-12-11-21(26-27-22)24-25-23(28-32-24)19-5-3-2-4-6-19/h2-12H,13-16H2,1H3. The van der Waals surface area contributed by atoms with Crippen LogP contribution in [0.25, 0.3) is 23.0 Å². The molecule has 8 nitrogen and oxygen atoms in total. The molecule has 1 aliphatic rings. The monoisotopic (exact) mass is 426 g/mol. The van der Waals surface area contributed by atoms with Crippen molar-refractivity contribution in [2.45, 2.75) is 6.92 Å². The van der Waals surface area contributed by atoms with Gasteiger partial charge in [-0.2, -0.15) is 4.98 Å². The zero-order valence-electron chi connectivity index (χ0n) is 17.7. The maximum absolute atomic E-state index is 11.5. The first-order valence-electron chi connectivity index (χ1n) is 10.5. The number of carbonyl (C=O) groups excluding carboxylic acids is 1. The van der Waals surface area contributed by atoms with Crippen LogP contribution < -0.4 is 9.80 Å². The van der Waals surface area contributed by atoms with Crippen LogP contribution in [0.4, 0.5) is 11.5 Å². The molecule has 0 unspecified atom stereocenters. The molecular weight excluding hydrogens is 404 g/mol. The van der Waals surface area contributed by atoms with Crippen LogP contribution in [0.1, 0.15) is 17.3 Å². The summed E-state index contributed by atoms with van der Waals surface area (Å²) in [6, 6.07) is 21.2. The van der Waals surface area contributed by atoms with E-state index < -0.39 is 0 Å². The molecule has 0 bridgehead atoms. The second-order valence-corrected chi connectivity index (χ2v) is 7.64. The van der Waals surface area contributed by atoms with E-state index in [0.717, 1.165) is 48.8 Å². The Bertz CT molecular complexity index is 1200. The summed E-state index contributed by atoms with van der Waals surface area (Å²) in [6.07, 6.45) is 0. The minimum atomic E-state index is 0.0835. The van der Waals surface area contributed by atoms with Crippen molar-refractivity contribution < 1.29 is 9.32 Å². The molecule has 4 aromatic rings. The molecule has 1 aliphatic heterocycles. The molecule has 2 aromatic carbocycles. The molecule has 0 saturated carbocycles. The SMILES string of the molecule is CC(=O)c1ccc(N2CCN(c3ccc(-c4nc(-c5ccccc5)no4)nn3)CC2)cc1. The third-order valence-corrected chi connectivity index (χ3v) is 5.57. The van der Waals surface area contributed by atoms with Crippen molar-refractivity contribution in [1.29, 1.82) is 0 Å². The number of carbonyl (C=O) groups is 1. The van der Waals surface area contributed by atoms with Gasteiger partial charge >= 0.3 is 0 Å². The predicted octanol–water partition coefficient (Wildman–Crippen LogP) is 3.72. The summed E-state index contributed by atoms with van der Waals surface area (Å²) >= 11 is 0. The number of benzene rings is 2. The van der Waals surface area contributed by atoms with Crippen molar-refractivity contribution in [3.8, 4) is 23.0 Å². The molecule has 5 rings (SSSR count). The highest BCUT2D eigenvalue weighted by atomic mass is 16.5. The number of aromatic nitrogens is 4. The fraction of sp³-hybridized carbons (Fsp3) is 0.208. The molecule has 0 aliphatic carbocycles. The van der Waals surface area contributed by atoms with Gasteiger partial charge in [0.05, 0.1) is 0 Å². The van der Waals surface area contributed by atoms with Gasteiger partial charge in [-0.1, -0.05) is 35.5 Å². The predicted molar refractivity (Wildman–Crippen MR) is 122 cm³/mol. The molecule has 1 fully saturated rings. The van der Waals surface area contributed by atoms with Crippen molar-refractivity contribution in [1.82, 2.24) is 20.3 Å². The van der Waals surface area contributed by atoms with Crippen LogP contribution in [-0.4, -0.2) is 52.3 Å². The lowest BCUT2D eigenvalue weighted by atomic mass is 10.1. The van der Waals surface area contributed by atoms with Gasteiger partial charge in [0.1, 0.15) is 0 Å². The number of ketones is 1. The maximum atomic E-state index is 11.5. The van der Waals surface area contributed by atoms with Crippen LogP contribution in [0.15, 0.2) is 71.3 Å². The van der Waals surface area contributed by atoms with E-state index in [4.69, 9.17) is 4.52 Å². The number of piperazine rings is 1. The number of anilines is 2. The first-order chi connectivity index (χ1) is 15.7. The van der Waals surface area contributed by atoms with Gasteiger partial charge < -0.3 is 14.3 Å². The smallest absolute Gasteiger partial charge is 0.278 e. The molecule has 0 spiro atoms. The summed E-state index contributed by atoms with van der Waals surface area (Å²) in [5.74, 6) is 1.78. The highest BCUT2D eigenvalue weighted by molar-refractivity contribution is 5.94. The first kappa shape index (κ1) is 19.9. The minimum Gasteiger partial charge on any atom is -0.368 e. The largest absolute Gasteiger partial charge is 0.368 e. The number of rotatable bonds is 5. The van der Waals surface area contributed by atoms with Crippen molar-refractivity contribution in [3.05, 3.63) is 72.3 Å². The Hall–Kier alpha value is -4.07. The summed E-state index contributed by atoms with van der Waals surface area (Å²) in [7, 11) is 0. The first-order valence-corrected chi connectivity index (χ1v) is 10.5. The fourth-order valence-electron chi connectivity index (χ4n) is 3.74. The van der Waals surface area contributed by atoms with Crippen molar-refractivity contribution in [2.75, 3.05) is 36.0 Å². The zero-order chi connectivity index (χ0) is 21.9. The Morgan fingerprint density at radius 1 is 0.844 bits per heavy atom. The summed E-state index contributed by atoms with van der Waals surface area (Å²) < 4.78 is 5.37. The molecule has 0 radical (unpaired) electrons. The summed E-state index contributed by atoms with van der Waals surface area (Å²) in [4.78, 5) is 20.4. The van der Waals surface area contributed by atoms with Crippen LogP contribution in [0.3, 0.4) is 0 Å². The van der Waals surface area contributed by atoms with Crippen LogP contribution in [-0.2, 0) is 0 Å². The van der Waals surface area contributed by atoms with Crippen molar-refractivity contribution in [3.63, 3.8) is 0 Å². The molecule has 8 heteroatoms. The van der Waals surface area contributed by atoms with E-state index in [1.165, 1.54) is 0 Å². The Morgan fingerprint density at radius 3 is 2.22 bits per heavy atom. The zero-order valence-corrected chi connectivity index (χ0v) is 17.7. The normalized spacial score (nSPS) is 13.9. The fourth-order valence-corrected chi connectivity index (χ4v) is 3.74. The van der Waals surface area contributed by atoms with Crippen LogP contribution in [0, 0.1) is 0 Å². The van der Waals surface area contributed by atoms with Gasteiger partial charge in [-0.15, -0.1) is 10.2 Å². The molecule has 160 valence electrons. The lowest BCUT2D eigenvalue weighted by molar-refractivity contribution is 0.101. The Kier molecular flexibility index (Phi) is 5.33. The van der Waals surface area contributed by atoms with E-state index in [-0.39, 0.29) is 5.78 Å². The van der Waals surface area contributed by atoms with Gasteiger partial charge in [-0.3, -0.25) is 4.79 Å². The molecule has 3 heterocycles. The summed E-state index contributed by atoms with van der Waals surface area (Å²) in [5, 5.41) is 12.7. The Morgan fingerprint density at radius 2 is 1.56 bits per heavy atom. The van der Waals surface area contributed by atoms with Crippen LogP contribution >= 0.6 is 0 Å². The van der Waals surface area contributed by atoms with E-state index in [9.17, 15) is 4.79 Å². The second-order valence-electron chi connectivity index (χ2n) is 7.64. The topological polar surface area (TPSA) is 88.3 Å². The molecule has 1 saturated heterocycles. The van der Waals surface area contributed by atoms with Crippen molar-refractivity contribution in [2.24, 2.45) is 0 Å². The Labute approximate surface area is 185 Å². The number of nitrogens with zero attached hydrogens (tertiary/aromatic N) is 6. The molecule has 2 aromatic heterocycles. The van der Waals surface area contributed by atoms with Gasteiger partial charge in [-0.05, 0) is 43.3 Å². The lowest BCUT2D eigenvalue weighted by Crippen LogP contribution is -2.46. The van der Waals surface area contributed by atoms with E-state index in [1.807, 2.05) is 66.7 Å². The van der Waals surface area contributed by atoms with Gasteiger partial charge in [0.2, 0.25) is 5.82 Å². The quantitative estimate of drug-likeness (QED) is 0.446. The summed E-state index contributed by atoms with van der Waals surface area (Å²) in [5.41, 5.74) is 3.30. The number of hydrogen-bond donors (Lipinski definition) is 0. The van der Waals surface area contributed by atoms with E-state index in [1.54, 1.807) is 6.92 Å². The lowest BCUT2D eigenvalue weighted by Gasteiger charge is -2.36. The van der Waals surface area contributed by atoms with E-state index in [0.29, 0.717) is 17.4 Å². The highest BCUT2D eigenvalue weighted by Gasteiger charge is 2.20. The van der Waals surface area contributed by atoms with E-state index >= 15 is 0 Å². The highest BCUT2D eigenvalue weighted by Crippen LogP contribution is 2.23. The Balaban J connectivity index is 1.23. The van der Waals surface area contributed by atoms with Gasteiger partial charge in [0.15, 0.2) is 17.3 Å². The van der Waals surface area contributed by atoms with Gasteiger partial charge in [-0.25, -0.2) is 0 Å². The molecular formula is C24H22N6O2. The van der Waals surface area contributed by atoms with Gasteiger partial charge in [0, 0.05) is 43.0 Å². The van der Waals surface area contributed by atoms with Crippen molar-refractivity contribution >= 4 is 17.3 Å². The molecule has 0 amide bonds. The number of hydrogen-bond acceptors (Lipinski definition) is 8. The third kappa shape index (κ3) is 4.07. The average Bonchev–Trinajstić information content (AvgIpc) is 3.35. The van der Waals surface area contributed by atoms with E-state index in [2.05, 4.69) is 30.1 Å². The molecule has 0 N–H and O–H groups in total.